The SMILES string of the molecule is CCC(C)C(NC(=O)C(CC(N)=O)NC(=O)C(N)CC(=O)O)C(=O)NC(CCC(=O)O)C(=O)O. The Morgan fingerprint density at radius 3 is 1.79 bits per heavy atom. The highest BCUT2D eigenvalue weighted by molar-refractivity contribution is 5.96. The number of carboxylic acid groups (broad SMARTS) is 3. The van der Waals surface area contributed by atoms with Gasteiger partial charge in [-0.1, -0.05) is 20.3 Å². The number of hydrogen-bond acceptors (Lipinski definition) is 8. The molecule has 4 amide bonds. The molecular weight excluding hydrogens is 458 g/mol. The number of hydrogen-bond donors (Lipinski definition) is 8. The lowest BCUT2D eigenvalue weighted by molar-refractivity contribution is -0.144. The van der Waals surface area contributed by atoms with Crippen molar-refractivity contribution < 1.29 is 48.9 Å². The summed E-state index contributed by atoms with van der Waals surface area (Å²) in [5.41, 5.74) is 10.6. The quantitative estimate of drug-likeness (QED) is 0.109. The Labute approximate surface area is 194 Å². The van der Waals surface area contributed by atoms with Gasteiger partial charge < -0.3 is 42.7 Å². The van der Waals surface area contributed by atoms with Gasteiger partial charge in [-0.25, -0.2) is 4.79 Å². The standard InChI is InChI=1S/C19H31N5O10/c1-3-8(2)15(18(32)22-10(19(33)34)4-5-13(26)27)24-17(31)11(7-12(21)25)23-16(30)9(20)6-14(28)29/h8-11,15H,3-7,20H2,1-2H3,(H2,21,25)(H,22,32)(H,23,30)(H,24,31)(H,26,27)(H,28,29)(H,33,34). The van der Waals surface area contributed by atoms with Crippen LogP contribution in [-0.4, -0.2) is 81.0 Å². The van der Waals surface area contributed by atoms with Crippen molar-refractivity contribution >= 4 is 41.5 Å². The number of nitrogens with two attached hydrogens (primary N) is 2. The van der Waals surface area contributed by atoms with Gasteiger partial charge in [0, 0.05) is 6.42 Å². The number of carboxylic acids is 3. The molecule has 0 saturated carbocycles. The molecule has 0 saturated heterocycles. The third-order valence-corrected chi connectivity index (χ3v) is 4.82. The molecule has 0 fully saturated rings. The van der Waals surface area contributed by atoms with E-state index < -0.39 is 97.3 Å². The van der Waals surface area contributed by atoms with Crippen LogP contribution in [0.2, 0.25) is 0 Å². The first-order chi connectivity index (χ1) is 15.7. The lowest BCUT2D eigenvalue weighted by Gasteiger charge is -2.27. The molecule has 0 aromatic carbocycles. The van der Waals surface area contributed by atoms with Crippen LogP contribution in [0.1, 0.15) is 46.0 Å². The molecule has 0 heterocycles. The molecule has 0 aromatic rings. The monoisotopic (exact) mass is 489 g/mol. The highest BCUT2D eigenvalue weighted by Gasteiger charge is 2.33. The number of amides is 4. The minimum Gasteiger partial charge on any atom is -0.481 e. The number of rotatable bonds is 16. The number of nitrogens with one attached hydrogen (secondary N) is 3. The van der Waals surface area contributed by atoms with Crippen molar-refractivity contribution in [1.82, 2.24) is 16.0 Å². The number of carbonyl (C=O) groups excluding carboxylic acids is 4. The van der Waals surface area contributed by atoms with Crippen molar-refractivity contribution in [3.8, 4) is 0 Å². The van der Waals surface area contributed by atoms with Crippen molar-refractivity contribution in [1.29, 1.82) is 0 Å². The summed E-state index contributed by atoms with van der Waals surface area (Å²) < 4.78 is 0. The Hall–Kier alpha value is -3.75. The molecule has 0 spiro atoms. The van der Waals surface area contributed by atoms with Crippen molar-refractivity contribution in [3.63, 3.8) is 0 Å². The molecule has 0 aliphatic carbocycles. The zero-order valence-electron chi connectivity index (χ0n) is 18.8. The molecule has 15 heteroatoms. The maximum absolute atomic E-state index is 12.8. The molecule has 192 valence electrons. The smallest absolute Gasteiger partial charge is 0.326 e. The van der Waals surface area contributed by atoms with Gasteiger partial charge in [0.05, 0.1) is 18.9 Å². The first-order valence-electron chi connectivity index (χ1n) is 10.3. The summed E-state index contributed by atoms with van der Waals surface area (Å²) in [4.78, 5) is 81.8. The first-order valence-corrected chi connectivity index (χ1v) is 10.3. The van der Waals surface area contributed by atoms with E-state index in [1.165, 1.54) is 0 Å². The molecule has 15 nitrogen and oxygen atoms in total. The zero-order chi connectivity index (χ0) is 26.6. The predicted molar refractivity (Wildman–Crippen MR) is 114 cm³/mol. The van der Waals surface area contributed by atoms with Gasteiger partial charge in [-0.05, 0) is 12.3 Å². The maximum Gasteiger partial charge on any atom is 0.326 e. The van der Waals surface area contributed by atoms with Crippen molar-refractivity contribution in [3.05, 3.63) is 0 Å². The predicted octanol–water partition coefficient (Wildman–Crippen LogP) is -2.89. The van der Waals surface area contributed by atoms with Gasteiger partial charge in [0.25, 0.3) is 0 Å². The molecule has 10 N–H and O–H groups in total. The summed E-state index contributed by atoms with van der Waals surface area (Å²) in [6.45, 7) is 3.26. The van der Waals surface area contributed by atoms with Crippen LogP contribution in [0.4, 0.5) is 0 Å². The second kappa shape index (κ2) is 14.4. The van der Waals surface area contributed by atoms with Crippen LogP contribution in [0.5, 0.6) is 0 Å². The summed E-state index contributed by atoms with van der Waals surface area (Å²) >= 11 is 0. The van der Waals surface area contributed by atoms with Crippen LogP contribution in [-0.2, 0) is 33.6 Å². The van der Waals surface area contributed by atoms with Gasteiger partial charge >= 0.3 is 17.9 Å². The number of carbonyl (C=O) groups is 7. The van der Waals surface area contributed by atoms with Crippen LogP contribution >= 0.6 is 0 Å². The Bertz CT molecular complexity index is 802. The van der Waals surface area contributed by atoms with Crippen molar-refractivity contribution in [2.45, 2.75) is 70.1 Å². The third-order valence-electron chi connectivity index (χ3n) is 4.82. The normalized spacial score (nSPS) is 15.0. The molecule has 0 radical (unpaired) electrons. The minimum atomic E-state index is -1.59. The Balaban J connectivity index is 5.59. The second-order valence-electron chi connectivity index (χ2n) is 7.64. The summed E-state index contributed by atoms with van der Waals surface area (Å²) in [6.07, 6.45) is -2.02. The van der Waals surface area contributed by atoms with Gasteiger partial charge in [0.2, 0.25) is 23.6 Å². The fraction of sp³-hybridized carbons (Fsp3) is 0.632. The van der Waals surface area contributed by atoms with E-state index in [1.807, 2.05) is 0 Å². The van der Waals surface area contributed by atoms with Gasteiger partial charge in [0.15, 0.2) is 0 Å². The zero-order valence-corrected chi connectivity index (χ0v) is 18.8. The van der Waals surface area contributed by atoms with E-state index in [2.05, 4.69) is 16.0 Å². The van der Waals surface area contributed by atoms with E-state index in [0.717, 1.165) is 0 Å². The second-order valence-corrected chi connectivity index (χ2v) is 7.64. The third kappa shape index (κ3) is 11.2. The molecule has 0 aliphatic heterocycles. The maximum atomic E-state index is 12.8. The van der Waals surface area contributed by atoms with Crippen LogP contribution in [0.3, 0.4) is 0 Å². The minimum absolute atomic E-state index is 0.349. The molecule has 5 atom stereocenters. The van der Waals surface area contributed by atoms with E-state index in [9.17, 15) is 38.7 Å². The lowest BCUT2D eigenvalue weighted by Crippen LogP contribution is -2.59. The highest BCUT2D eigenvalue weighted by atomic mass is 16.4. The molecule has 0 aliphatic rings. The largest absolute Gasteiger partial charge is 0.481 e. The lowest BCUT2D eigenvalue weighted by atomic mass is 9.97. The Morgan fingerprint density at radius 2 is 1.35 bits per heavy atom. The fourth-order valence-corrected chi connectivity index (χ4v) is 2.71. The van der Waals surface area contributed by atoms with Crippen LogP contribution in [0, 0.1) is 5.92 Å². The summed E-state index contributed by atoms with van der Waals surface area (Å²) in [5.74, 6) is -8.64. The van der Waals surface area contributed by atoms with E-state index >= 15 is 0 Å². The van der Waals surface area contributed by atoms with Gasteiger partial charge in [-0.3, -0.25) is 28.8 Å². The van der Waals surface area contributed by atoms with E-state index in [0.29, 0.717) is 6.42 Å². The molecule has 5 unspecified atom stereocenters. The Morgan fingerprint density at radius 1 is 0.794 bits per heavy atom. The highest BCUT2D eigenvalue weighted by Crippen LogP contribution is 2.10. The molecule has 0 bridgehead atoms. The van der Waals surface area contributed by atoms with Gasteiger partial charge in [0.1, 0.15) is 18.1 Å². The van der Waals surface area contributed by atoms with Crippen LogP contribution in [0.25, 0.3) is 0 Å². The van der Waals surface area contributed by atoms with E-state index in [-0.39, 0.29) is 0 Å². The average molecular weight is 489 g/mol. The number of aliphatic carboxylic acids is 3. The topological polar surface area (TPSA) is 268 Å². The van der Waals surface area contributed by atoms with Crippen LogP contribution in [0.15, 0.2) is 0 Å². The Kier molecular flexibility index (Phi) is 12.8. The average Bonchev–Trinajstić information content (AvgIpc) is 2.72. The van der Waals surface area contributed by atoms with Crippen molar-refractivity contribution in [2.75, 3.05) is 0 Å². The summed E-state index contributed by atoms with van der Waals surface area (Å²) in [7, 11) is 0. The van der Waals surface area contributed by atoms with E-state index in [4.69, 9.17) is 21.7 Å². The number of primary amides is 1. The fourth-order valence-electron chi connectivity index (χ4n) is 2.71. The van der Waals surface area contributed by atoms with Gasteiger partial charge in [-0.2, -0.15) is 0 Å². The van der Waals surface area contributed by atoms with Crippen LogP contribution < -0.4 is 27.4 Å². The molecule has 34 heavy (non-hydrogen) atoms. The summed E-state index contributed by atoms with van der Waals surface area (Å²) in [6, 6.07) is -5.97. The van der Waals surface area contributed by atoms with E-state index in [1.54, 1.807) is 13.8 Å². The first kappa shape index (κ1) is 30.2. The molecule has 0 aromatic heterocycles. The van der Waals surface area contributed by atoms with Gasteiger partial charge in [-0.15, -0.1) is 0 Å². The molecular formula is C19H31N5O10. The summed E-state index contributed by atoms with van der Waals surface area (Å²) in [5, 5.41) is 33.3. The molecule has 0 rings (SSSR count). The van der Waals surface area contributed by atoms with Crippen molar-refractivity contribution in [2.24, 2.45) is 17.4 Å².